The number of hydrogen-bond donors (Lipinski definition) is 0. The van der Waals surface area contributed by atoms with Crippen LogP contribution in [-0.4, -0.2) is 48.2 Å². The molecular weight excluding hydrogens is 432 g/mol. The molecule has 2 aromatic carbocycles. The second-order valence-electron chi connectivity index (χ2n) is 7.08. The van der Waals surface area contributed by atoms with Crippen LogP contribution in [0.1, 0.15) is 11.1 Å². The molecule has 0 saturated carbocycles. The van der Waals surface area contributed by atoms with E-state index in [2.05, 4.69) is 15.3 Å². The van der Waals surface area contributed by atoms with Crippen molar-refractivity contribution in [1.29, 1.82) is 0 Å². The molecule has 0 aliphatic rings. The Hall–Kier alpha value is -3.10. The molecular formula is C22H21ClN6OS. The SMILES string of the molecule is Cc1ccc(-n2cnnc2SCC(=O)N(C)Cc2cnn(-c3ccccc3)c2)cc1Cl. The smallest absolute Gasteiger partial charge is 0.233 e. The summed E-state index contributed by atoms with van der Waals surface area (Å²) >= 11 is 7.58. The quantitative estimate of drug-likeness (QED) is 0.394. The van der Waals surface area contributed by atoms with Crippen molar-refractivity contribution in [2.75, 3.05) is 12.8 Å². The molecule has 0 aliphatic heterocycles. The summed E-state index contributed by atoms with van der Waals surface area (Å²) in [6.07, 6.45) is 5.33. The van der Waals surface area contributed by atoms with E-state index in [0.29, 0.717) is 16.7 Å². The third-order valence-corrected chi connectivity index (χ3v) is 6.11. The summed E-state index contributed by atoms with van der Waals surface area (Å²) in [5.41, 5.74) is 3.80. The Bertz CT molecular complexity index is 1190. The van der Waals surface area contributed by atoms with Gasteiger partial charge in [0, 0.05) is 30.4 Å². The van der Waals surface area contributed by atoms with Gasteiger partial charge in [-0.25, -0.2) is 4.68 Å². The fraction of sp³-hybridized carbons (Fsp3) is 0.182. The summed E-state index contributed by atoms with van der Waals surface area (Å²) in [6, 6.07) is 15.6. The normalized spacial score (nSPS) is 10.9. The summed E-state index contributed by atoms with van der Waals surface area (Å²) in [6.45, 7) is 2.43. The number of thioether (sulfide) groups is 1. The van der Waals surface area contributed by atoms with Crippen molar-refractivity contribution in [3.05, 3.63) is 83.4 Å². The molecule has 0 atom stereocenters. The molecule has 0 radical (unpaired) electrons. The number of benzene rings is 2. The van der Waals surface area contributed by atoms with Crippen molar-refractivity contribution < 1.29 is 4.79 Å². The highest BCUT2D eigenvalue weighted by Gasteiger charge is 2.15. The Balaban J connectivity index is 1.37. The zero-order valence-electron chi connectivity index (χ0n) is 17.1. The maximum absolute atomic E-state index is 12.7. The van der Waals surface area contributed by atoms with Gasteiger partial charge in [-0.15, -0.1) is 10.2 Å². The average molecular weight is 453 g/mol. The molecule has 0 fully saturated rings. The van der Waals surface area contributed by atoms with Gasteiger partial charge in [0.05, 0.1) is 23.3 Å². The van der Waals surface area contributed by atoms with E-state index >= 15 is 0 Å². The molecule has 2 aromatic heterocycles. The molecule has 158 valence electrons. The predicted molar refractivity (Wildman–Crippen MR) is 122 cm³/mol. The van der Waals surface area contributed by atoms with Gasteiger partial charge in [0.15, 0.2) is 5.16 Å². The minimum atomic E-state index is -0.00560. The predicted octanol–water partition coefficient (Wildman–Crippen LogP) is 4.17. The molecule has 1 amide bonds. The van der Waals surface area contributed by atoms with E-state index in [0.717, 1.165) is 22.5 Å². The van der Waals surface area contributed by atoms with E-state index in [-0.39, 0.29) is 11.7 Å². The lowest BCUT2D eigenvalue weighted by Gasteiger charge is -2.16. The Labute approximate surface area is 189 Å². The van der Waals surface area contributed by atoms with Crippen LogP contribution in [0.15, 0.2) is 72.4 Å². The van der Waals surface area contributed by atoms with E-state index in [9.17, 15) is 4.79 Å². The Morgan fingerprint density at radius 1 is 1.16 bits per heavy atom. The van der Waals surface area contributed by atoms with Crippen LogP contribution in [0.5, 0.6) is 0 Å². The summed E-state index contributed by atoms with van der Waals surface area (Å²) < 4.78 is 3.63. The van der Waals surface area contributed by atoms with Gasteiger partial charge in [0.25, 0.3) is 0 Å². The number of aromatic nitrogens is 5. The lowest BCUT2D eigenvalue weighted by Crippen LogP contribution is -2.27. The van der Waals surface area contributed by atoms with Gasteiger partial charge in [0.1, 0.15) is 6.33 Å². The molecule has 0 bridgehead atoms. The molecule has 9 heteroatoms. The number of carbonyl (C=O) groups excluding carboxylic acids is 1. The van der Waals surface area contributed by atoms with E-state index < -0.39 is 0 Å². The number of hydrogen-bond acceptors (Lipinski definition) is 5. The van der Waals surface area contributed by atoms with Crippen LogP contribution < -0.4 is 0 Å². The van der Waals surface area contributed by atoms with Crippen molar-refractivity contribution >= 4 is 29.3 Å². The minimum absolute atomic E-state index is 0.00560. The van der Waals surface area contributed by atoms with Gasteiger partial charge < -0.3 is 4.90 Å². The molecule has 0 N–H and O–H groups in total. The molecule has 0 saturated heterocycles. The maximum atomic E-state index is 12.7. The number of amides is 1. The highest BCUT2D eigenvalue weighted by molar-refractivity contribution is 7.99. The molecule has 0 unspecified atom stereocenters. The number of nitrogens with zero attached hydrogens (tertiary/aromatic N) is 6. The van der Waals surface area contributed by atoms with E-state index in [1.807, 2.05) is 66.2 Å². The number of aryl methyl sites for hydroxylation is 1. The maximum Gasteiger partial charge on any atom is 0.233 e. The van der Waals surface area contributed by atoms with Crippen LogP contribution in [-0.2, 0) is 11.3 Å². The topological polar surface area (TPSA) is 68.8 Å². The molecule has 31 heavy (non-hydrogen) atoms. The van der Waals surface area contributed by atoms with Crippen LogP contribution in [0.4, 0.5) is 0 Å². The van der Waals surface area contributed by atoms with Gasteiger partial charge in [-0.1, -0.05) is 47.6 Å². The van der Waals surface area contributed by atoms with Crippen molar-refractivity contribution in [3.63, 3.8) is 0 Å². The van der Waals surface area contributed by atoms with Gasteiger partial charge in [-0.3, -0.25) is 9.36 Å². The standard InChI is InChI=1S/C22H21ClN6OS/c1-16-8-9-19(10-20(16)23)28-15-24-26-22(28)31-14-21(30)27(2)12-17-11-25-29(13-17)18-6-4-3-5-7-18/h3-11,13,15H,12,14H2,1-2H3. The van der Waals surface area contributed by atoms with Crippen molar-refractivity contribution in [1.82, 2.24) is 29.4 Å². The molecule has 0 aliphatic carbocycles. The van der Waals surface area contributed by atoms with Gasteiger partial charge >= 0.3 is 0 Å². The van der Waals surface area contributed by atoms with Crippen LogP contribution in [0.3, 0.4) is 0 Å². The number of carbonyl (C=O) groups is 1. The van der Waals surface area contributed by atoms with Crippen molar-refractivity contribution in [3.8, 4) is 11.4 Å². The first-order valence-corrected chi connectivity index (χ1v) is 11.0. The fourth-order valence-electron chi connectivity index (χ4n) is 2.99. The van der Waals surface area contributed by atoms with E-state index in [1.54, 1.807) is 29.2 Å². The Kier molecular flexibility index (Phi) is 6.39. The van der Waals surface area contributed by atoms with E-state index in [4.69, 9.17) is 11.6 Å². The second kappa shape index (κ2) is 9.36. The number of para-hydroxylation sites is 1. The third-order valence-electron chi connectivity index (χ3n) is 4.78. The van der Waals surface area contributed by atoms with Gasteiger partial charge in [0.2, 0.25) is 5.91 Å². The van der Waals surface area contributed by atoms with Gasteiger partial charge in [-0.05, 0) is 36.8 Å². The monoisotopic (exact) mass is 452 g/mol. The van der Waals surface area contributed by atoms with Crippen LogP contribution in [0, 0.1) is 6.92 Å². The zero-order valence-corrected chi connectivity index (χ0v) is 18.7. The fourth-order valence-corrected chi connectivity index (χ4v) is 4.04. The minimum Gasteiger partial charge on any atom is -0.341 e. The van der Waals surface area contributed by atoms with Crippen LogP contribution in [0.25, 0.3) is 11.4 Å². The number of rotatable bonds is 7. The lowest BCUT2D eigenvalue weighted by molar-refractivity contribution is -0.127. The largest absolute Gasteiger partial charge is 0.341 e. The van der Waals surface area contributed by atoms with Crippen molar-refractivity contribution in [2.45, 2.75) is 18.6 Å². The average Bonchev–Trinajstić information content (AvgIpc) is 3.44. The highest BCUT2D eigenvalue weighted by atomic mass is 35.5. The van der Waals surface area contributed by atoms with Crippen molar-refractivity contribution in [2.24, 2.45) is 0 Å². The Morgan fingerprint density at radius 3 is 2.74 bits per heavy atom. The van der Waals surface area contributed by atoms with Gasteiger partial charge in [-0.2, -0.15) is 5.10 Å². The number of halogens is 1. The molecule has 0 spiro atoms. The zero-order chi connectivity index (χ0) is 21.8. The Morgan fingerprint density at radius 2 is 1.97 bits per heavy atom. The summed E-state index contributed by atoms with van der Waals surface area (Å²) in [7, 11) is 1.78. The molecule has 7 nitrogen and oxygen atoms in total. The van der Waals surface area contributed by atoms with E-state index in [1.165, 1.54) is 11.8 Å². The first-order valence-electron chi connectivity index (χ1n) is 9.63. The van der Waals surface area contributed by atoms with Crippen LogP contribution in [0.2, 0.25) is 5.02 Å². The molecule has 4 rings (SSSR count). The summed E-state index contributed by atoms with van der Waals surface area (Å²) in [5.74, 6) is 0.246. The third kappa shape index (κ3) is 4.98. The summed E-state index contributed by atoms with van der Waals surface area (Å²) in [5, 5.41) is 13.8. The van der Waals surface area contributed by atoms with Crippen LogP contribution >= 0.6 is 23.4 Å². The highest BCUT2D eigenvalue weighted by Crippen LogP contribution is 2.24. The second-order valence-corrected chi connectivity index (χ2v) is 8.43. The molecule has 2 heterocycles. The molecule has 4 aromatic rings. The first-order chi connectivity index (χ1) is 15.0. The lowest BCUT2D eigenvalue weighted by atomic mass is 10.2. The first kappa shape index (κ1) is 21.1. The summed E-state index contributed by atoms with van der Waals surface area (Å²) in [4.78, 5) is 14.3.